The van der Waals surface area contributed by atoms with Gasteiger partial charge in [-0.3, -0.25) is 0 Å². The van der Waals surface area contributed by atoms with Gasteiger partial charge < -0.3 is 15.2 Å². The normalized spacial score (nSPS) is 17.0. The van der Waals surface area contributed by atoms with E-state index in [2.05, 4.69) is 0 Å². The number of rotatable bonds is 4. The fourth-order valence-corrected chi connectivity index (χ4v) is 2.46. The van der Waals surface area contributed by atoms with Gasteiger partial charge in [0.15, 0.2) is 0 Å². The molecule has 0 aliphatic heterocycles. The van der Waals surface area contributed by atoms with E-state index in [1.165, 1.54) is 0 Å². The van der Waals surface area contributed by atoms with Crippen LogP contribution in [0.2, 0.25) is 5.02 Å². The lowest BCUT2D eigenvalue weighted by Crippen LogP contribution is -2.21. The fourth-order valence-electron chi connectivity index (χ4n) is 2.06. The third kappa shape index (κ3) is 1.74. The van der Waals surface area contributed by atoms with Gasteiger partial charge >= 0.3 is 0 Å². The Morgan fingerprint density at radius 1 is 1.31 bits per heavy atom. The van der Waals surface area contributed by atoms with Gasteiger partial charge in [-0.1, -0.05) is 11.6 Å². The number of nitrogens with two attached hydrogens (primary N) is 1. The molecular formula is C12H16ClNO2. The van der Waals surface area contributed by atoms with Crippen molar-refractivity contribution < 1.29 is 9.47 Å². The summed E-state index contributed by atoms with van der Waals surface area (Å²) in [5.41, 5.74) is 6.87. The van der Waals surface area contributed by atoms with Crippen molar-refractivity contribution in [3.8, 4) is 11.5 Å². The summed E-state index contributed by atoms with van der Waals surface area (Å²) in [4.78, 5) is 0. The highest BCUT2D eigenvalue weighted by molar-refractivity contribution is 6.32. The summed E-state index contributed by atoms with van der Waals surface area (Å²) >= 11 is 6.28. The van der Waals surface area contributed by atoms with Gasteiger partial charge in [0.2, 0.25) is 0 Å². The largest absolute Gasteiger partial charge is 0.497 e. The van der Waals surface area contributed by atoms with Gasteiger partial charge in [0.25, 0.3) is 0 Å². The first-order chi connectivity index (χ1) is 7.66. The molecule has 0 atom stereocenters. The summed E-state index contributed by atoms with van der Waals surface area (Å²) < 4.78 is 10.5. The van der Waals surface area contributed by atoms with E-state index in [1.54, 1.807) is 14.2 Å². The number of benzene rings is 1. The second-order valence-corrected chi connectivity index (χ2v) is 4.58. The zero-order chi connectivity index (χ0) is 11.8. The molecule has 0 bridgehead atoms. The summed E-state index contributed by atoms with van der Waals surface area (Å²) in [6.45, 7) is 0.607. The summed E-state index contributed by atoms with van der Waals surface area (Å²) in [5.74, 6) is 1.48. The predicted molar refractivity (Wildman–Crippen MR) is 64.5 cm³/mol. The number of methoxy groups -OCH3 is 2. The minimum atomic E-state index is 0.0225. The number of hydrogen-bond acceptors (Lipinski definition) is 3. The van der Waals surface area contributed by atoms with E-state index in [9.17, 15) is 0 Å². The van der Waals surface area contributed by atoms with Crippen LogP contribution in [0.25, 0.3) is 0 Å². The average molecular weight is 242 g/mol. The molecule has 0 unspecified atom stereocenters. The van der Waals surface area contributed by atoms with Crippen LogP contribution in [0.15, 0.2) is 12.1 Å². The SMILES string of the molecule is COc1cc(Cl)c(C2(CN)CC2)c(OC)c1. The molecule has 3 nitrogen and oxygen atoms in total. The lowest BCUT2D eigenvalue weighted by atomic mass is 9.95. The maximum absolute atomic E-state index is 6.28. The number of halogens is 1. The molecule has 0 heterocycles. The Bertz CT molecular complexity index is 402. The molecule has 0 aromatic heterocycles. The molecule has 2 N–H and O–H groups in total. The maximum Gasteiger partial charge on any atom is 0.127 e. The Labute approximate surface area is 100 Å². The van der Waals surface area contributed by atoms with Gasteiger partial charge in [-0.05, 0) is 18.9 Å². The smallest absolute Gasteiger partial charge is 0.127 e. The molecule has 4 heteroatoms. The Kier molecular flexibility index (Phi) is 3.00. The third-order valence-electron chi connectivity index (χ3n) is 3.26. The molecule has 1 saturated carbocycles. The highest BCUT2D eigenvalue weighted by Gasteiger charge is 2.46. The van der Waals surface area contributed by atoms with Crippen LogP contribution in [-0.2, 0) is 5.41 Å². The molecule has 88 valence electrons. The summed E-state index contributed by atoms with van der Waals surface area (Å²) in [6.07, 6.45) is 2.15. The Hall–Kier alpha value is -0.930. The van der Waals surface area contributed by atoms with Crippen molar-refractivity contribution in [2.45, 2.75) is 18.3 Å². The van der Waals surface area contributed by atoms with Crippen LogP contribution >= 0.6 is 11.6 Å². The van der Waals surface area contributed by atoms with Crippen molar-refractivity contribution in [2.24, 2.45) is 5.73 Å². The van der Waals surface area contributed by atoms with E-state index in [0.29, 0.717) is 17.3 Å². The van der Waals surface area contributed by atoms with E-state index >= 15 is 0 Å². The minimum Gasteiger partial charge on any atom is -0.497 e. The van der Waals surface area contributed by atoms with Crippen molar-refractivity contribution in [1.82, 2.24) is 0 Å². The van der Waals surface area contributed by atoms with Crippen molar-refractivity contribution >= 4 is 11.6 Å². The molecule has 16 heavy (non-hydrogen) atoms. The first-order valence-corrected chi connectivity index (χ1v) is 5.67. The van der Waals surface area contributed by atoms with Crippen LogP contribution in [0.5, 0.6) is 11.5 Å². The van der Waals surface area contributed by atoms with Crippen molar-refractivity contribution in [3.63, 3.8) is 0 Å². The second kappa shape index (κ2) is 4.15. The van der Waals surface area contributed by atoms with E-state index in [1.807, 2.05) is 12.1 Å². The second-order valence-electron chi connectivity index (χ2n) is 4.17. The lowest BCUT2D eigenvalue weighted by Gasteiger charge is -2.19. The topological polar surface area (TPSA) is 44.5 Å². The van der Waals surface area contributed by atoms with E-state index in [-0.39, 0.29) is 5.41 Å². The lowest BCUT2D eigenvalue weighted by molar-refractivity contribution is 0.387. The highest BCUT2D eigenvalue weighted by atomic mass is 35.5. The molecule has 0 amide bonds. The van der Waals surface area contributed by atoms with Crippen LogP contribution in [0.3, 0.4) is 0 Å². The van der Waals surface area contributed by atoms with Crippen molar-refractivity contribution in [2.75, 3.05) is 20.8 Å². The van der Waals surface area contributed by atoms with Gasteiger partial charge in [-0.15, -0.1) is 0 Å². The van der Waals surface area contributed by atoms with Crippen LogP contribution in [0, 0.1) is 0 Å². The maximum atomic E-state index is 6.28. The molecule has 1 fully saturated rings. The minimum absolute atomic E-state index is 0.0225. The van der Waals surface area contributed by atoms with Gasteiger partial charge in [-0.25, -0.2) is 0 Å². The van der Waals surface area contributed by atoms with Crippen LogP contribution < -0.4 is 15.2 Å². The van der Waals surface area contributed by atoms with E-state index in [0.717, 1.165) is 24.2 Å². The van der Waals surface area contributed by atoms with Crippen LogP contribution in [-0.4, -0.2) is 20.8 Å². The fraction of sp³-hybridized carbons (Fsp3) is 0.500. The van der Waals surface area contributed by atoms with E-state index < -0.39 is 0 Å². The number of ether oxygens (including phenoxy) is 2. The first-order valence-electron chi connectivity index (χ1n) is 5.29. The third-order valence-corrected chi connectivity index (χ3v) is 3.56. The zero-order valence-corrected chi connectivity index (χ0v) is 10.3. The standard InChI is InChI=1S/C12H16ClNO2/c1-15-8-5-9(13)11(10(6-8)16-2)12(7-14)3-4-12/h5-6H,3-4,7,14H2,1-2H3. The van der Waals surface area contributed by atoms with Crippen LogP contribution in [0.4, 0.5) is 0 Å². The summed E-state index contributed by atoms with van der Waals surface area (Å²) in [6, 6.07) is 3.67. The average Bonchev–Trinajstić information content (AvgIpc) is 3.08. The van der Waals surface area contributed by atoms with Gasteiger partial charge in [-0.2, -0.15) is 0 Å². The Morgan fingerprint density at radius 3 is 2.44 bits per heavy atom. The summed E-state index contributed by atoms with van der Waals surface area (Å²) in [7, 11) is 3.25. The molecule has 1 aromatic carbocycles. The van der Waals surface area contributed by atoms with Gasteiger partial charge in [0.1, 0.15) is 11.5 Å². The highest BCUT2D eigenvalue weighted by Crippen LogP contribution is 2.53. The first kappa shape index (κ1) is 11.6. The molecule has 2 rings (SSSR count). The van der Waals surface area contributed by atoms with Gasteiger partial charge in [0, 0.05) is 23.6 Å². The van der Waals surface area contributed by atoms with Crippen molar-refractivity contribution in [3.05, 3.63) is 22.7 Å². The molecule has 1 aromatic rings. The monoisotopic (exact) mass is 241 g/mol. The van der Waals surface area contributed by atoms with Crippen molar-refractivity contribution in [1.29, 1.82) is 0 Å². The molecular weight excluding hydrogens is 226 g/mol. The molecule has 1 aliphatic carbocycles. The zero-order valence-electron chi connectivity index (χ0n) is 9.55. The number of hydrogen-bond donors (Lipinski definition) is 1. The van der Waals surface area contributed by atoms with Gasteiger partial charge in [0.05, 0.1) is 19.2 Å². The predicted octanol–water partition coefficient (Wildman–Crippen LogP) is 2.35. The quantitative estimate of drug-likeness (QED) is 0.880. The molecule has 0 radical (unpaired) electrons. The van der Waals surface area contributed by atoms with E-state index in [4.69, 9.17) is 26.8 Å². The Balaban J connectivity index is 2.51. The molecule has 0 saturated heterocycles. The molecule has 0 spiro atoms. The molecule has 1 aliphatic rings. The summed E-state index contributed by atoms with van der Waals surface area (Å²) in [5, 5.41) is 0.680. The van der Waals surface area contributed by atoms with Crippen LogP contribution in [0.1, 0.15) is 18.4 Å². The Morgan fingerprint density at radius 2 is 2.00 bits per heavy atom.